The van der Waals surface area contributed by atoms with Gasteiger partial charge in [-0.1, -0.05) is 61.7 Å². The van der Waals surface area contributed by atoms with Crippen LogP contribution in [-0.2, 0) is 4.79 Å². The second-order valence-electron chi connectivity index (χ2n) is 9.67. The molecule has 34 heavy (non-hydrogen) atoms. The number of ether oxygens (including phenoxy) is 1. The Morgan fingerprint density at radius 2 is 1.50 bits per heavy atom. The number of unbranched alkanes of at least 4 members (excludes halogenated alkanes) is 4. The van der Waals surface area contributed by atoms with Gasteiger partial charge in [-0.3, -0.25) is 4.79 Å². The highest BCUT2D eigenvalue weighted by Crippen LogP contribution is 2.22. The van der Waals surface area contributed by atoms with Crippen LogP contribution in [0.4, 0.5) is 4.79 Å². The van der Waals surface area contributed by atoms with Crippen molar-refractivity contribution in [3.05, 3.63) is 54.6 Å². The molecule has 0 fully saturated rings. The summed E-state index contributed by atoms with van der Waals surface area (Å²) in [6, 6.07) is 17.8. The Labute approximate surface area is 203 Å². The van der Waals surface area contributed by atoms with E-state index in [0.29, 0.717) is 24.2 Å². The van der Waals surface area contributed by atoms with Gasteiger partial charge in [-0.15, -0.1) is 0 Å². The SMILES string of the molecule is C[N+](C)(C)C[C@@H](CC(=O)O)NC(=O)NCCCCCCCOc1ccc(-c2ccccc2)cc1. The fourth-order valence-corrected chi connectivity index (χ4v) is 3.79. The molecule has 0 saturated heterocycles. The first-order valence-electron chi connectivity index (χ1n) is 12.1. The minimum Gasteiger partial charge on any atom is -0.494 e. The molecular formula is C27H40N3O4+. The number of hydrogen-bond acceptors (Lipinski definition) is 3. The summed E-state index contributed by atoms with van der Waals surface area (Å²) in [7, 11) is 5.92. The van der Waals surface area contributed by atoms with Crippen molar-refractivity contribution >= 4 is 12.0 Å². The van der Waals surface area contributed by atoms with E-state index in [2.05, 4.69) is 34.9 Å². The number of rotatable bonds is 15. The molecule has 3 N–H and O–H groups in total. The van der Waals surface area contributed by atoms with Crippen LogP contribution in [0.5, 0.6) is 5.75 Å². The Bertz CT molecular complexity index is 864. The standard InChI is InChI=1S/C27H39N3O4/c1-30(2,3)21-24(20-26(31)32)29-27(33)28-18-10-5-4-6-11-19-34-25-16-14-23(15-17-25)22-12-8-7-9-13-22/h7-9,12-17,24H,4-6,10-11,18-21H2,1-3H3,(H2-,28,29,31,32,33)/p+1/t24-/m1/s1. The molecule has 2 aromatic rings. The molecule has 2 rings (SSSR count). The molecule has 0 radical (unpaired) electrons. The van der Waals surface area contributed by atoms with Crippen molar-refractivity contribution in [3.8, 4) is 16.9 Å². The molecule has 0 saturated carbocycles. The van der Waals surface area contributed by atoms with Gasteiger partial charge in [0.1, 0.15) is 5.75 Å². The predicted octanol–water partition coefficient (Wildman–Crippen LogP) is 4.53. The van der Waals surface area contributed by atoms with Gasteiger partial charge in [0.15, 0.2) is 0 Å². The zero-order valence-electron chi connectivity index (χ0n) is 20.8. The molecule has 1 atom stereocenters. The first-order valence-corrected chi connectivity index (χ1v) is 12.1. The highest BCUT2D eigenvalue weighted by Gasteiger charge is 2.22. The van der Waals surface area contributed by atoms with Crippen molar-refractivity contribution in [1.82, 2.24) is 10.6 Å². The minimum absolute atomic E-state index is 0.0812. The highest BCUT2D eigenvalue weighted by atomic mass is 16.5. The van der Waals surface area contributed by atoms with Crippen molar-refractivity contribution in [2.24, 2.45) is 0 Å². The average Bonchev–Trinajstić information content (AvgIpc) is 2.77. The van der Waals surface area contributed by atoms with Crippen molar-refractivity contribution < 1.29 is 23.9 Å². The summed E-state index contributed by atoms with van der Waals surface area (Å²) < 4.78 is 6.43. The monoisotopic (exact) mass is 470 g/mol. The lowest BCUT2D eigenvalue weighted by atomic mass is 10.1. The first-order chi connectivity index (χ1) is 16.2. The molecule has 0 aliphatic carbocycles. The van der Waals surface area contributed by atoms with Gasteiger partial charge in [-0.2, -0.15) is 0 Å². The Morgan fingerprint density at radius 3 is 2.15 bits per heavy atom. The third-order valence-electron chi connectivity index (χ3n) is 5.36. The smallest absolute Gasteiger partial charge is 0.315 e. The summed E-state index contributed by atoms with van der Waals surface area (Å²) in [4.78, 5) is 23.1. The molecular weight excluding hydrogens is 430 g/mol. The average molecular weight is 471 g/mol. The number of benzene rings is 2. The number of carbonyl (C=O) groups is 2. The van der Waals surface area contributed by atoms with Crippen molar-refractivity contribution in [2.75, 3.05) is 40.8 Å². The topological polar surface area (TPSA) is 87.7 Å². The number of quaternary nitrogens is 1. The molecule has 0 heterocycles. The summed E-state index contributed by atoms with van der Waals surface area (Å²) >= 11 is 0. The maximum absolute atomic E-state index is 12.1. The number of carboxylic acid groups (broad SMARTS) is 1. The molecule has 2 aromatic carbocycles. The summed E-state index contributed by atoms with van der Waals surface area (Å²) in [5.74, 6) is -0.0201. The van der Waals surface area contributed by atoms with E-state index in [1.165, 1.54) is 11.1 Å². The van der Waals surface area contributed by atoms with Gasteiger partial charge in [0, 0.05) is 6.54 Å². The molecule has 0 spiro atoms. The van der Waals surface area contributed by atoms with Gasteiger partial charge in [0.05, 0.1) is 46.8 Å². The van der Waals surface area contributed by atoms with Gasteiger partial charge in [-0.05, 0) is 36.1 Å². The van der Waals surface area contributed by atoms with E-state index in [1.54, 1.807) is 0 Å². The lowest BCUT2D eigenvalue weighted by molar-refractivity contribution is -0.871. The number of urea groups is 1. The molecule has 7 nitrogen and oxygen atoms in total. The number of nitrogens with one attached hydrogen (secondary N) is 2. The molecule has 2 amide bonds. The Hall–Kier alpha value is -3.06. The summed E-state index contributed by atoms with van der Waals surface area (Å²) in [5, 5.41) is 14.7. The summed E-state index contributed by atoms with van der Waals surface area (Å²) in [6.45, 7) is 1.84. The van der Waals surface area contributed by atoms with Gasteiger partial charge < -0.3 is 25.0 Å². The summed E-state index contributed by atoms with van der Waals surface area (Å²) in [6.07, 6.45) is 5.01. The van der Waals surface area contributed by atoms with Crippen LogP contribution in [0.15, 0.2) is 54.6 Å². The second-order valence-corrected chi connectivity index (χ2v) is 9.67. The van der Waals surface area contributed by atoms with E-state index in [1.807, 2.05) is 51.5 Å². The van der Waals surface area contributed by atoms with Crippen LogP contribution >= 0.6 is 0 Å². The fourth-order valence-electron chi connectivity index (χ4n) is 3.79. The normalized spacial score (nSPS) is 12.1. The molecule has 0 aromatic heterocycles. The Morgan fingerprint density at radius 1 is 0.882 bits per heavy atom. The van der Waals surface area contributed by atoms with Crippen LogP contribution in [0.1, 0.15) is 38.5 Å². The molecule has 0 aliphatic heterocycles. The number of likely N-dealkylation sites (N-methyl/N-ethyl adjacent to an activating group) is 1. The molecule has 186 valence electrons. The number of carbonyl (C=O) groups excluding carboxylic acids is 1. The van der Waals surface area contributed by atoms with Gasteiger partial charge in [0.2, 0.25) is 0 Å². The zero-order valence-corrected chi connectivity index (χ0v) is 20.8. The van der Waals surface area contributed by atoms with E-state index in [9.17, 15) is 9.59 Å². The van der Waals surface area contributed by atoms with Crippen molar-refractivity contribution in [1.29, 1.82) is 0 Å². The van der Waals surface area contributed by atoms with E-state index in [0.717, 1.165) is 37.9 Å². The first kappa shape index (κ1) is 27.2. The Kier molecular flexibility index (Phi) is 11.4. The number of hydrogen-bond donors (Lipinski definition) is 3. The van der Waals surface area contributed by atoms with Crippen LogP contribution in [0.25, 0.3) is 11.1 Å². The zero-order chi connectivity index (χ0) is 24.8. The number of amides is 2. The van der Waals surface area contributed by atoms with Gasteiger partial charge in [0.25, 0.3) is 0 Å². The van der Waals surface area contributed by atoms with Crippen molar-refractivity contribution in [3.63, 3.8) is 0 Å². The third-order valence-corrected chi connectivity index (χ3v) is 5.36. The number of aliphatic carboxylic acids is 1. The van der Waals surface area contributed by atoms with Crippen LogP contribution in [0, 0.1) is 0 Å². The molecule has 7 heteroatoms. The highest BCUT2D eigenvalue weighted by molar-refractivity contribution is 5.75. The number of carboxylic acids is 1. The van der Waals surface area contributed by atoms with E-state index in [4.69, 9.17) is 9.84 Å². The number of nitrogens with zero attached hydrogens (tertiary/aromatic N) is 1. The van der Waals surface area contributed by atoms with E-state index < -0.39 is 12.0 Å². The van der Waals surface area contributed by atoms with Crippen LogP contribution in [-0.4, -0.2) is 68.5 Å². The quantitative estimate of drug-likeness (QED) is 0.264. The summed E-state index contributed by atoms with van der Waals surface area (Å²) in [5.41, 5.74) is 2.38. The Balaban J connectivity index is 1.52. The van der Waals surface area contributed by atoms with Gasteiger partial charge in [-0.25, -0.2) is 4.79 Å². The van der Waals surface area contributed by atoms with Crippen LogP contribution in [0.3, 0.4) is 0 Å². The third kappa shape index (κ3) is 11.7. The maximum Gasteiger partial charge on any atom is 0.315 e. The predicted molar refractivity (Wildman–Crippen MR) is 136 cm³/mol. The van der Waals surface area contributed by atoms with Crippen molar-refractivity contribution in [2.45, 2.75) is 44.6 Å². The fraction of sp³-hybridized carbons (Fsp3) is 0.481. The van der Waals surface area contributed by atoms with Gasteiger partial charge >= 0.3 is 12.0 Å². The largest absolute Gasteiger partial charge is 0.494 e. The van der Waals surface area contributed by atoms with Crippen LogP contribution < -0.4 is 15.4 Å². The lowest BCUT2D eigenvalue weighted by Crippen LogP contribution is -2.52. The minimum atomic E-state index is -0.910. The maximum atomic E-state index is 12.1. The van der Waals surface area contributed by atoms with E-state index in [-0.39, 0.29) is 12.5 Å². The molecule has 0 unspecified atom stereocenters. The van der Waals surface area contributed by atoms with Crippen LogP contribution in [0.2, 0.25) is 0 Å². The lowest BCUT2D eigenvalue weighted by Gasteiger charge is -2.29. The van der Waals surface area contributed by atoms with E-state index >= 15 is 0 Å². The molecule has 0 aliphatic rings. The molecule has 0 bridgehead atoms. The second kappa shape index (κ2) is 14.3.